The predicted molar refractivity (Wildman–Crippen MR) is 105 cm³/mol. The molecule has 0 aromatic heterocycles. The summed E-state index contributed by atoms with van der Waals surface area (Å²) in [5, 5.41) is 5.79. The number of benzene rings is 2. The number of nitrogens with one attached hydrogen (secondary N) is 2. The van der Waals surface area contributed by atoms with Gasteiger partial charge in [-0.15, -0.1) is 24.0 Å². The smallest absolute Gasteiger partial charge is 0.251 e. The van der Waals surface area contributed by atoms with Gasteiger partial charge in [-0.1, -0.05) is 30.3 Å². The molecule has 0 fully saturated rings. The molecule has 0 aliphatic carbocycles. The molecule has 0 bridgehead atoms. The number of nitrogens with zero attached hydrogens (tertiary/aromatic N) is 1. The van der Waals surface area contributed by atoms with Crippen molar-refractivity contribution in [3.63, 3.8) is 0 Å². The van der Waals surface area contributed by atoms with Gasteiger partial charge in [-0.2, -0.15) is 0 Å². The van der Waals surface area contributed by atoms with E-state index in [9.17, 15) is 4.79 Å². The van der Waals surface area contributed by atoms with Crippen LogP contribution in [0.3, 0.4) is 0 Å². The lowest BCUT2D eigenvalue weighted by atomic mass is 10.1. The van der Waals surface area contributed by atoms with Crippen molar-refractivity contribution in [1.29, 1.82) is 0 Å². The Hall–Kier alpha value is -2.09. The van der Waals surface area contributed by atoms with Crippen LogP contribution >= 0.6 is 24.0 Å². The van der Waals surface area contributed by atoms with E-state index in [2.05, 4.69) is 15.6 Å². The van der Waals surface area contributed by atoms with Gasteiger partial charge < -0.3 is 16.4 Å². The molecule has 0 saturated carbocycles. The zero-order valence-corrected chi connectivity index (χ0v) is 15.3. The molecule has 122 valence electrons. The van der Waals surface area contributed by atoms with Crippen LogP contribution in [0, 0.1) is 0 Å². The highest BCUT2D eigenvalue weighted by atomic mass is 127. The molecule has 6 heteroatoms. The minimum Gasteiger partial charge on any atom is -0.370 e. The zero-order valence-electron chi connectivity index (χ0n) is 13.0. The van der Waals surface area contributed by atoms with Crippen molar-refractivity contribution in [2.24, 2.45) is 10.7 Å². The van der Waals surface area contributed by atoms with Crippen LogP contribution < -0.4 is 16.4 Å². The summed E-state index contributed by atoms with van der Waals surface area (Å²) < 4.78 is 0. The summed E-state index contributed by atoms with van der Waals surface area (Å²) in [4.78, 5) is 16.1. The number of aliphatic imine (C=N–C) groups is 1. The summed E-state index contributed by atoms with van der Waals surface area (Å²) in [5.74, 6) is 0.262. The molecule has 2 rings (SSSR count). The molecule has 0 aliphatic rings. The van der Waals surface area contributed by atoms with Crippen LogP contribution in [0.25, 0.3) is 0 Å². The highest BCUT2D eigenvalue weighted by molar-refractivity contribution is 14.0. The number of halogens is 1. The van der Waals surface area contributed by atoms with Crippen molar-refractivity contribution < 1.29 is 4.79 Å². The average Bonchev–Trinajstić information content (AvgIpc) is 2.54. The third-order valence-electron chi connectivity index (χ3n) is 3.00. The summed E-state index contributed by atoms with van der Waals surface area (Å²) in [6.45, 7) is 2.91. The van der Waals surface area contributed by atoms with Gasteiger partial charge in [0.25, 0.3) is 5.91 Å². The number of hydrogen-bond acceptors (Lipinski definition) is 2. The van der Waals surface area contributed by atoms with Crippen molar-refractivity contribution in [3.05, 3.63) is 65.7 Å². The van der Waals surface area contributed by atoms with Gasteiger partial charge in [-0.05, 0) is 36.8 Å². The Kier molecular flexibility index (Phi) is 8.10. The number of carbonyl (C=O) groups is 1. The molecule has 0 heterocycles. The number of carbonyl (C=O) groups excluding carboxylic acids is 1. The van der Waals surface area contributed by atoms with Gasteiger partial charge in [-0.25, -0.2) is 4.99 Å². The lowest BCUT2D eigenvalue weighted by Crippen LogP contribution is -2.23. The highest BCUT2D eigenvalue weighted by Crippen LogP contribution is 2.08. The Balaban J connectivity index is 0.00000264. The van der Waals surface area contributed by atoms with Crippen LogP contribution in [0.5, 0.6) is 0 Å². The molecule has 0 saturated heterocycles. The predicted octanol–water partition coefficient (Wildman–Crippen LogP) is 2.98. The van der Waals surface area contributed by atoms with Gasteiger partial charge in [-0.3, -0.25) is 4.79 Å². The fraction of sp³-hybridized carbons (Fsp3) is 0.176. The fourth-order valence-electron chi connectivity index (χ4n) is 1.96. The first-order chi connectivity index (χ1) is 10.7. The summed E-state index contributed by atoms with van der Waals surface area (Å²) in [5.41, 5.74) is 8.31. The number of nitrogens with two attached hydrogens (primary N) is 1. The van der Waals surface area contributed by atoms with Gasteiger partial charge in [0, 0.05) is 17.8 Å². The molecular formula is C17H21IN4O. The summed E-state index contributed by atoms with van der Waals surface area (Å²) in [7, 11) is 0. The normalized spacial score (nSPS) is 10.6. The fourth-order valence-corrected chi connectivity index (χ4v) is 1.96. The van der Waals surface area contributed by atoms with Crippen LogP contribution in [0.4, 0.5) is 5.69 Å². The summed E-state index contributed by atoms with van der Waals surface area (Å²) in [6.07, 6.45) is 0. The Morgan fingerprint density at radius 3 is 2.57 bits per heavy atom. The van der Waals surface area contributed by atoms with E-state index in [1.54, 1.807) is 6.07 Å². The van der Waals surface area contributed by atoms with Crippen LogP contribution in [-0.2, 0) is 6.54 Å². The number of amides is 1. The Morgan fingerprint density at radius 1 is 1.13 bits per heavy atom. The molecule has 5 nitrogen and oxygen atoms in total. The molecule has 4 N–H and O–H groups in total. The molecule has 0 unspecified atom stereocenters. The topological polar surface area (TPSA) is 79.5 Å². The second kappa shape index (κ2) is 9.83. The minimum absolute atomic E-state index is 0. The van der Waals surface area contributed by atoms with E-state index in [0.717, 1.165) is 11.3 Å². The molecule has 0 aliphatic heterocycles. The second-order valence-electron chi connectivity index (χ2n) is 4.75. The molecule has 2 aromatic carbocycles. The van der Waals surface area contributed by atoms with Crippen molar-refractivity contribution in [2.75, 3.05) is 11.9 Å². The van der Waals surface area contributed by atoms with Crippen LogP contribution in [0.1, 0.15) is 22.8 Å². The number of guanidine groups is 1. The highest BCUT2D eigenvalue weighted by Gasteiger charge is 2.04. The quantitative estimate of drug-likeness (QED) is 0.392. The SMILES string of the molecule is CCNC(=O)c1cccc(CN=C(N)Nc2ccccc2)c1.I. The van der Waals surface area contributed by atoms with Gasteiger partial charge in [0.1, 0.15) is 0 Å². The van der Waals surface area contributed by atoms with Crippen LogP contribution in [0.15, 0.2) is 59.6 Å². The molecule has 0 spiro atoms. The average molecular weight is 424 g/mol. The Labute approximate surface area is 153 Å². The maximum atomic E-state index is 11.8. The lowest BCUT2D eigenvalue weighted by Gasteiger charge is -2.06. The first kappa shape index (κ1) is 19.0. The molecular weight excluding hydrogens is 403 g/mol. The lowest BCUT2D eigenvalue weighted by molar-refractivity contribution is 0.0955. The minimum atomic E-state index is -0.0799. The maximum Gasteiger partial charge on any atom is 0.251 e. The number of para-hydroxylation sites is 1. The maximum absolute atomic E-state index is 11.8. The molecule has 2 aromatic rings. The summed E-state index contributed by atoms with van der Waals surface area (Å²) in [6, 6.07) is 17.0. The van der Waals surface area contributed by atoms with Crippen molar-refractivity contribution >= 4 is 41.5 Å². The Morgan fingerprint density at radius 2 is 1.87 bits per heavy atom. The largest absolute Gasteiger partial charge is 0.370 e. The van der Waals surface area contributed by atoms with Crippen molar-refractivity contribution in [1.82, 2.24) is 5.32 Å². The standard InChI is InChI=1S/C17H20N4O.HI/c1-2-19-16(22)14-8-6-7-13(11-14)12-20-17(18)21-15-9-4-3-5-10-15;/h3-11H,2,12H2,1H3,(H,19,22)(H3,18,20,21);1H. The van der Waals surface area contributed by atoms with E-state index in [4.69, 9.17) is 5.73 Å². The van der Waals surface area contributed by atoms with E-state index in [0.29, 0.717) is 24.6 Å². The monoisotopic (exact) mass is 424 g/mol. The molecule has 0 atom stereocenters. The van der Waals surface area contributed by atoms with E-state index in [-0.39, 0.29) is 29.9 Å². The van der Waals surface area contributed by atoms with Gasteiger partial charge >= 0.3 is 0 Å². The van der Waals surface area contributed by atoms with Crippen molar-refractivity contribution in [2.45, 2.75) is 13.5 Å². The van der Waals surface area contributed by atoms with Crippen LogP contribution in [0.2, 0.25) is 0 Å². The zero-order chi connectivity index (χ0) is 15.8. The first-order valence-electron chi connectivity index (χ1n) is 7.18. The molecule has 0 radical (unpaired) electrons. The van der Waals surface area contributed by atoms with Crippen LogP contribution in [-0.4, -0.2) is 18.4 Å². The third-order valence-corrected chi connectivity index (χ3v) is 3.00. The van der Waals surface area contributed by atoms with E-state index < -0.39 is 0 Å². The van der Waals surface area contributed by atoms with E-state index >= 15 is 0 Å². The molecule has 1 amide bonds. The van der Waals surface area contributed by atoms with Crippen molar-refractivity contribution in [3.8, 4) is 0 Å². The summed E-state index contributed by atoms with van der Waals surface area (Å²) >= 11 is 0. The number of anilines is 1. The third kappa shape index (κ3) is 6.27. The van der Waals surface area contributed by atoms with E-state index in [1.807, 2.05) is 55.5 Å². The number of hydrogen-bond donors (Lipinski definition) is 3. The second-order valence-corrected chi connectivity index (χ2v) is 4.75. The van der Waals surface area contributed by atoms with Gasteiger partial charge in [0.15, 0.2) is 5.96 Å². The van der Waals surface area contributed by atoms with Gasteiger partial charge in [0.05, 0.1) is 6.54 Å². The van der Waals surface area contributed by atoms with Gasteiger partial charge in [0.2, 0.25) is 0 Å². The Bertz CT molecular complexity index is 659. The van der Waals surface area contributed by atoms with E-state index in [1.165, 1.54) is 0 Å². The molecule has 23 heavy (non-hydrogen) atoms. The number of rotatable bonds is 5. The first-order valence-corrected chi connectivity index (χ1v) is 7.18.